The van der Waals surface area contributed by atoms with Crippen molar-refractivity contribution >= 4 is 17.8 Å². The summed E-state index contributed by atoms with van der Waals surface area (Å²) in [4.78, 5) is 36.4. The SMILES string of the molecule is COC(=O)[C@H](CCC(=O)c1ccc(OCc2ccccc2F)cc1F)NC(=O)OC(C)(C)C. The van der Waals surface area contributed by atoms with E-state index in [1.807, 2.05) is 0 Å². The lowest BCUT2D eigenvalue weighted by Crippen LogP contribution is -2.44. The smallest absolute Gasteiger partial charge is 0.408 e. The van der Waals surface area contributed by atoms with E-state index in [-0.39, 0.29) is 30.8 Å². The summed E-state index contributed by atoms with van der Waals surface area (Å²) in [5.74, 6) is -2.46. The van der Waals surface area contributed by atoms with E-state index in [0.717, 1.165) is 13.2 Å². The van der Waals surface area contributed by atoms with Gasteiger partial charge in [-0.3, -0.25) is 4.79 Å². The standard InChI is InChI=1S/C24H27F2NO6/c1-24(2,3)33-23(30)27-20(22(29)31-4)11-12-21(28)17-10-9-16(13-19(17)26)32-14-15-7-5-6-8-18(15)25/h5-10,13,20H,11-12,14H2,1-4H3,(H,27,30)/t20-/m0/s1. The van der Waals surface area contributed by atoms with Gasteiger partial charge in [0.25, 0.3) is 0 Å². The van der Waals surface area contributed by atoms with Gasteiger partial charge in [-0.1, -0.05) is 18.2 Å². The molecule has 0 aromatic heterocycles. The van der Waals surface area contributed by atoms with E-state index in [0.29, 0.717) is 5.56 Å². The van der Waals surface area contributed by atoms with Gasteiger partial charge in [-0.25, -0.2) is 18.4 Å². The highest BCUT2D eigenvalue weighted by atomic mass is 19.1. The van der Waals surface area contributed by atoms with Crippen molar-refractivity contribution in [2.24, 2.45) is 0 Å². The van der Waals surface area contributed by atoms with Crippen LogP contribution in [0.1, 0.15) is 49.5 Å². The molecule has 0 saturated carbocycles. The van der Waals surface area contributed by atoms with Crippen LogP contribution in [0.5, 0.6) is 5.75 Å². The van der Waals surface area contributed by atoms with Crippen LogP contribution in [0.15, 0.2) is 42.5 Å². The van der Waals surface area contributed by atoms with Crippen LogP contribution in [0.25, 0.3) is 0 Å². The zero-order valence-corrected chi connectivity index (χ0v) is 18.9. The van der Waals surface area contributed by atoms with Gasteiger partial charge in [0.05, 0.1) is 12.7 Å². The molecule has 1 atom stereocenters. The molecule has 0 spiro atoms. The Kier molecular flexibility index (Phi) is 8.90. The predicted octanol–water partition coefficient (Wildman–Crippen LogP) is 4.57. The van der Waals surface area contributed by atoms with E-state index < -0.39 is 41.1 Å². The van der Waals surface area contributed by atoms with Gasteiger partial charge in [-0.15, -0.1) is 0 Å². The van der Waals surface area contributed by atoms with Crippen LogP contribution in [0.2, 0.25) is 0 Å². The Morgan fingerprint density at radius 3 is 2.33 bits per heavy atom. The summed E-state index contributed by atoms with van der Waals surface area (Å²) >= 11 is 0. The lowest BCUT2D eigenvalue weighted by molar-refractivity contribution is -0.143. The van der Waals surface area contributed by atoms with Gasteiger partial charge in [0, 0.05) is 18.1 Å². The number of carbonyl (C=O) groups is 3. The Morgan fingerprint density at radius 2 is 1.73 bits per heavy atom. The van der Waals surface area contributed by atoms with Crippen LogP contribution in [0.3, 0.4) is 0 Å². The molecule has 0 fully saturated rings. The molecule has 0 aliphatic heterocycles. The normalized spacial score (nSPS) is 11.9. The van der Waals surface area contributed by atoms with Gasteiger partial charge in [-0.05, 0) is 45.4 Å². The minimum Gasteiger partial charge on any atom is -0.489 e. The number of alkyl carbamates (subject to hydrolysis) is 1. The highest BCUT2D eigenvalue weighted by Crippen LogP contribution is 2.21. The summed E-state index contributed by atoms with van der Waals surface area (Å²) < 4.78 is 43.3. The molecule has 178 valence electrons. The monoisotopic (exact) mass is 463 g/mol. The summed E-state index contributed by atoms with van der Waals surface area (Å²) in [6, 6.07) is 8.59. The first kappa shape index (κ1) is 25.8. The largest absolute Gasteiger partial charge is 0.489 e. The van der Waals surface area contributed by atoms with Gasteiger partial charge in [0.1, 0.15) is 35.6 Å². The number of halogens is 2. The van der Waals surface area contributed by atoms with Crippen molar-refractivity contribution in [3.05, 3.63) is 65.2 Å². The van der Waals surface area contributed by atoms with E-state index in [4.69, 9.17) is 9.47 Å². The number of amides is 1. The fraction of sp³-hybridized carbons (Fsp3) is 0.375. The second-order valence-electron chi connectivity index (χ2n) is 8.21. The highest BCUT2D eigenvalue weighted by Gasteiger charge is 2.26. The summed E-state index contributed by atoms with van der Waals surface area (Å²) in [6.45, 7) is 4.89. The average molecular weight is 463 g/mol. The van der Waals surface area contributed by atoms with E-state index in [9.17, 15) is 23.2 Å². The van der Waals surface area contributed by atoms with Gasteiger partial charge in [-0.2, -0.15) is 0 Å². The molecule has 2 rings (SSSR count). The topological polar surface area (TPSA) is 90.9 Å². The molecule has 1 N–H and O–H groups in total. The third-order valence-corrected chi connectivity index (χ3v) is 4.43. The van der Waals surface area contributed by atoms with Crippen LogP contribution >= 0.6 is 0 Å². The lowest BCUT2D eigenvalue weighted by Gasteiger charge is -2.22. The quantitative estimate of drug-likeness (QED) is 0.433. The molecule has 2 aromatic carbocycles. The number of methoxy groups -OCH3 is 1. The van der Waals surface area contributed by atoms with E-state index in [1.165, 1.54) is 18.2 Å². The Bertz CT molecular complexity index is 1000. The molecule has 33 heavy (non-hydrogen) atoms. The van der Waals surface area contributed by atoms with Gasteiger partial charge in [0.2, 0.25) is 0 Å². The van der Waals surface area contributed by atoms with Gasteiger partial charge >= 0.3 is 12.1 Å². The van der Waals surface area contributed by atoms with Crippen LogP contribution in [0.4, 0.5) is 13.6 Å². The number of ketones is 1. The van der Waals surface area contributed by atoms with E-state index in [1.54, 1.807) is 39.0 Å². The van der Waals surface area contributed by atoms with Crippen LogP contribution < -0.4 is 10.1 Å². The Labute approximate surface area is 191 Å². The summed E-state index contributed by atoms with van der Waals surface area (Å²) in [6.07, 6.45) is -1.19. The number of Topliss-reactive ketones (excluding diaryl/α,β-unsaturated/α-hetero) is 1. The summed E-state index contributed by atoms with van der Waals surface area (Å²) in [5, 5.41) is 2.36. The number of esters is 1. The first-order valence-corrected chi connectivity index (χ1v) is 10.3. The molecule has 1 amide bonds. The zero-order chi connectivity index (χ0) is 24.6. The number of rotatable bonds is 9. The summed E-state index contributed by atoms with van der Waals surface area (Å²) in [7, 11) is 1.15. The van der Waals surface area contributed by atoms with Crippen LogP contribution in [-0.2, 0) is 20.9 Å². The van der Waals surface area contributed by atoms with Crippen molar-refractivity contribution < 1.29 is 37.4 Å². The minimum atomic E-state index is -1.14. The Hall–Kier alpha value is -3.49. The van der Waals surface area contributed by atoms with Crippen molar-refractivity contribution in [2.45, 2.75) is 51.9 Å². The number of hydrogen-bond acceptors (Lipinski definition) is 6. The predicted molar refractivity (Wildman–Crippen MR) is 116 cm³/mol. The molecule has 0 radical (unpaired) electrons. The molecule has 0 saturated heterocycles. The number of hydrogen-bond donors (Lipinski definition) is 1. The van der Waals surface area contributed by atoms with Crippen molar-refractivity contribution in [3.63, 3.8) is 0 Å². The zero-order valence-electron chi connectivity index (χ0n) is 18.9. The molecule has 0 aliphatic rings. The van der Waals surface area contributed by atoms with Gasteiger partial charge < -0.3 is 19.5 Å². The third-order valence-electron chi connectivity index (χ3n) is 4.43. The average Bonchev–Trinajstić information content (AvgIpc) is 2.74. The molecular weight excluding hydrogens is 436 g/mol. The fourth-order valence-electron chi connectivity index (χ4n) is 2.84. The number of ether oxygens (including phenoxy) is 3. The van der Waals surface area contributed by atoms with Crippen molar-refractivity contribution in [1.29, 1.82) is 0 Å². The molecular formula is C24H27F2NO6. The molecule has 7 nitrogen and oxygen atoms in total. The number of nitrogens with one attached hydrogen (secondary N) is 1. The Morgan fingerprint density at radius 1 is 1.03 bits per heavy atom. The van der Waals surface area contributed by atoms with Crippen molar-refractivity contribution in [3.8, 4) is 5.75 Å². The maximum atomic E-state index is 14.5. The molecule has 9 heteroatoms. The maximum Gasteiger partial charge on any atom is 0.408 e. The minimum absolute atomic E-state index is 0.101. The Balaban J connectivity index is 1.99. The first-order valence-electron chi connectivity index (χ1n) is 10.3. The summed E-state index contributed by atoms with van der Waals surface area (Å²) in [5.41, 5.74) is -0.668. The van der Waals surface area contributed by atoms with E-state index >= 15 is 0 Å². The second-order valence-corrected chi connectivity index (χ2v) is 8.21. The maximum absolute atomic E-state index is 14.5. The highest BCUT2D eigenvalue weighted by molar-refractivity contribution is 5.96. The first-order chi connectivity index (χ1) is 15.5. The third kappa shape index (κ3) is 8.17. The molecule has 0 bridgehead atoms. The fourth-order valence-corrected chi connectivity index (χ4v) is 2.84. The lowest BCUT2D eigenvalue weighted by atomic mass is 10.0. The molecule has 2 aromatic rings. The van der Waals surface area contributed by atoms with Crippen molar-refractivity contribution in [1.82, 2.24) is 5.32 Å². The van der Waals surface area contributed by atoms with Crippen LogP contribution in [0, 0.1) is 11.6 Å². The molecule has 0 heterocycles. The van der Waals surface area contributed by atoms with Crippen LogP contribution in [-0.4, -0.2) is 36.6 Å². The van der Waals surface area contributed by atoms with E-state index in [2.05, 4.69) is 10.1 Å². The second kappa shape index (κ2) is 11.4. The number of benzene rings is 2. The van der Waals surface area contributed by atoms with Gasteiger partial charge in [0.15, 0.2) is 5.78 Å². The van der Waals surface area contributed by atoms with Crippen molar-refractivity contribution in [2.75, 3.05) is 7.11 Å². The number of carbonyl (C=O) groups excluding carboxylic acids is 3. The molecule has 0 aliphatic carbocycles. The molecule has 0 unspecified atom stereocenters.